The normalized spacial score (nSPS) is 16.3. The maximum atomic E-state index is 14.2. The number of carboxylic acids is 1. The van der Waals surface area contributed by atoms with Crippen molar-refractivity contribution in [2.75, 3.05) is 0 Å². The summed E-state index contributed by atoms with van der Waals surface area (Å²) in [5.41, 5.74) is 0.260. The number of carbonyl (C=O) groups is 6. The Hall–Kier alpha value is -5.27. The first-order valence-corrected chi connectivity index (χ1v) is 22.1. The van der Waals surface area contributed by atoms with Gasteiger partial charge in [-0.25, -0.2) is 14.3 Å². The van der Waals surface area contributed by atoms with Gasteiger partial charge in [0.15, 0.2) is 0 Å². The number of benzene rings is 1. The fourth-order valence-electron chi connectivity index (χ4n) is 7.00. The minimum Gasteiger partial charge on any atom is -0.480 e. The van der Waals surface area contributed by atoms with E-state index >= 15 is 0 Å². The number of amides is 5. The Kier molecular flexibility index (Phi) is 19.6. The lowest BCUT2D eigenvalue weighted by atomic mass is 9.84. The molecule has 0 bridgehead atoms. The zero-order valence-electron chi connectivity index (χ0n) is 35.4. The van der Waals surface area contributed by atoms with Crippen LogP contribution in [0.15, 0.2) is 55.5 Å². The molecule has 6 unspecified atom stereocenters. The first-order valence-electron chi connectivity index (χ1n) is 20.6. The Morgan fingerprint density at radius 2 is 1.53 bits per heavy atom. The fraction of sp³-hybridized carbons (Fsp3) is 0.561. The first-order chi connectivity index (χ1) is 29.1. The van der Waals surface area contributed by atoms with Gasteiger partial charge >= 0.3 is 13.8 Å². The molecule has 1 aliphatic rings. The number of phosphoric ester groups is 1. The summed E-state index contributed by atoms with van der Waals surface area (Å²) in [5, 5.41) is 45.0. The number of phosphoric acid groups is 1. The molecule has 3 rings (SSSR count). The van der Waals surface area contributed by atoms with Gasteiger partial charge in [0.05, 0.1) is 12.2 Å². The molecule has 1 heterocycles. The van der Waals surface area contributed by atoms with Crippen molar-refractivity contribution in [3.05, 3.63) is 66.8 Å². The molecule has 21 heteroatoms. The maximum Gasteiger partial charge on any atom is 0.524 e. The monoisotopic (exact) mass is 889 g/mol. The Morgan fingerprint density at radius 3 is 2.08 bits per heavy atom. The predicted molar refractivity (Wildman–Crippen MR) is 224 cm³/mol. The van der Waals surface area contributed by atoms with Crippen LogP contribution < -0.4 is 31.1 Å². The van der Waals surface area contributed by atoms with Crippen molar-refractivity contribution in [3.63, 3.8) is 0 Å². The Balaban J connectivity index is 1.84. The van der Waals surface area contributed by atoms with Crippen LogP contribution in [0.4, 0.5) is 0 Å². The second kappa shape index (κ2) is 23.8. The average Bonchev–Trinajstić information content (AvgIpc) is 3.21. The highest BCUT2D eigenvalue weighted by Crippen LogP contribution is 2.37. The van der Waals surface area contributed by atoms with Crippen LogP contribution >= 0.6 is 7.82 Å². The molecule has 2 aromatic rings. The van der Waals surface area contributed by atoms with Crippen molar-refractivity contribution < 1.29 is 63.0 Å². The molecule has 0 saturated heterocycles. The van der Waals surface area contributed by atoms with E-state index in [1.165, 1.54) is 48.9 Å². The summed E-state index contributed by atoms with van der Waals surface area (Å²) in [6.45, 7) is 10.9. The summed E-state index contributed by atoms with van der Waals surface area (Å²) in [6, 6.07) is -2.13. The highest BCUT2D eigenvalue weighted by Gasteiger charge is 2.45. The molecule has 1 aromatic heterocycles. The largest absolute Gasteiger partial charge is 0.524 e. The van der Waals surface area contributed by atoms with E-state index in [0.717, 1.165) is 32.1 Å². The van der Waals surface area contributed by atoms with Crippen LogP contribution in [-0.2, 0) is 35.0 Å². The molecular formula is C41H60N7O13P. The first kappa shape index (κ1) is 51.1. The molecular weight excluding hydrogens is 829 g/mol. The number of nitrogens with one attached hydrogen (secondary N) is 5. The van der Waals surface area contributed by atoms with Crippen LogP contribution in [0.5, 0.6) is 5.75 Å². The van der Waals surface area contributed by atoms with Gasteiger partial charge in [-0.2, -0.15) is 0 Å². The molecule has 10 N–H and O–H groups in total. The van der Waals surface area contributed by atoms with Gasteiger partial charge in [-0.05, 0) is 54.7 Å². The highest BCUT2D eigenvalue weighted by molar-refractivity contribution is 7.46. The highest BCUT2D eigenvalue weighted by atomic mass is 31.2. The molecule has 20 nitrogen and oxygen atoms in total. The Morgan fingerprint density at radius 1 is 0.887 bits per heavy atom. The van der Waals surface area contributed by atoms with Crippen molar-refractivity contribution in [3.8, 4) is 5.75 Å². The zero-order valence-corrected chi connectivity index (χ0v) is 36.3. The topological polar surface area (TPSA) is 316 Å². The molecule has 5 amide bonds. The zero-order chi connectivity index (χ0) is 46.2. The number of aliphatic carboxylic acids is 1. The molecule has 6 atom stereocenters. The van der Waals surface area contributed by atoms with E-state index in [9.17, 15) is 48.7 Å². The van der Waals surface area contributed by atoms with Crippen molar-refractivity contribution in [2.45, 2.75) is 128 Å². The van der Waals surface area contributed by atoms with Crippen molar-refractivity contribution in [1.29, 1.82) is 0 Å². The number of carboxylic acid groups (broad SMARTS) is 1. The van der Waals surface area contributed by atoms with Gasteiger partial charge < -0.3 is 46.4 Å². The third kappa shape index (κ3) is 16.2. The lowest BCUT2D eigenvalue weighted by Gasteiger charge is -2.34. The van der Waals surface area contributed by atoms with Crippen LogP contribution in [0.25, 0.3) is 0 Å². The number of aromatic nitrogens is 2. The third-order valence-electron chi connectivity index (χ3n) is 10.6. The van der Waals surface area contributed by atoms with Crippen molar-refractivity contribution >= 4 is 43.3 Å². The molecule has 62 heavy (non-hydrogen) atoms. The van der Waals surface area contributed by atoms with Crippen LogP contribution in [0.3, 0.4) is 0 Å². The summed E-state index contributed by atoms with van der Waals surface area (Å²) >= 11 is 0. The minimum atomic E-state index is -4.86. The number of carbonyl (C=O) groups excluding carboxylic acids is 5. The molecule has 0 spiro atoms. The lowest BCUT2D eigenvalue weighted by molar-refractivity contribution is -0.197. The maximum absolute atomic E-state index is 14.2. The predicted octanol–water partition coefficient (Wildman–Crippen LogP) is 1.63. The number of hydrogen-bond acceptors (Lipinski definition) is 12. The molecule has 342 valence electrons. The van der Waals surface area contributed by atoms with E-state index in [2.05, 4.69) is 47.7 Å². The second-order valence-electron chi connectivity index (χ2n) is 16.0. The van der Waals surface area contributed by atoms with Crippen LogP contribution in [0.1, 0.15) is 102 Å². The molecule has 1 saturated carbocycles. The third-order valence-corrected chi connectivity index (χ3v) is 11.0. The van der Waals surface area contributed by atoms with Gasteiger partial charge in [0.1, 0.15) is 35.6 Å². The molecule has 1 aromatic carbocycles. The van der Waals surface area contributed by atoms with Crippen molar-refractivity contribution in [2.24, 2.45) is 17.8 Å². The molecule has 0 aliphatic heterocycles. The number of aliphatic hydroxyl groups is 2. The summed E-state index contributed by atoms with van der Waals surface area (Å²) in [6.07, 6.45) is 9.48. The van der Waals surface area contributed by atoms with E-state index in [0.29, 0.717) is 6.42 Å². The van der Waals surface area contributed by atoms with Gasteiger partial charge in [0.25, 0.3) is 17.6 Å². The van der Waals surface area contributed by atoms with Gasteiger partial charge in [-0.3, -0.25) is 38.7 Å². The van der Waals surface area contributed by atoms with Gasteiger partial charge in [0.2, 0.25) is 17.7 Å². The standard InChI is InChI=1S/C41H60N7O13P/c1-6-11-33(41(56,57)40(55)46-31(39(53)54)22-27-14-16-28(17-15-27)61-62(58,59)60)47-35(49)30(21-26-12-9-8-10-13-26)45-38(52)34(25(5)7-2)48-36(50)29(20-24(3)4)44-37(51)32-23-42-18-19-43-32/h6,14-19,23-26,29-31,33-34,56-57H,1,7-13,20-22H2,2-5H3,(H,44,51)(H,45,52)(H,46,55)(H,47,49)(H,48,50)(H,53,54)(H2,58,59,60). The Labute approximate surface area is 360 Å². The molecule has 0 radical (unpaired) electrons. The number of nitrogens with zero attached hydrogens (tertiary/aromatic N) is 2. The summed E-state index contributed by atoms with van der Waals surface area (Å²) in [4.78, 5) is 107. The van der Waals surface area contributed by atoms with Gasteiger partial charge in [0, 0.05) is 18.8 Å². The van der Waals surface area contributed by atoms with Crippen LogP contribution in [-0.4, -0.2) is 107 Å². The quantitative estimate of drug-likeness (QED) is 0.0407. The summed E-state index contributed by atoms with van der Waals surface area (Å²) in [5.74, 6) is -10.1. The number of rotatable bonds is 24. The Bertz CT molecular complexity index is 1890. The number of hydrogen-bond donors (Lipinski definition) is 10. The van der Waals surface area contributed by atoms with Crippen LogP contribution in [0.2, 0.25) is 0 Å². The van der Waals surface area contributed by atoms with E-state index in [4.69, 9.17) is 9.79 Å². The van der Waals surface area contributed by atoms with Gasteiger partial charge in [-0.15, -0.1) is 6.58 Å². The van der Waals surface area contributed by atoms with E-state index in [1.807, 2.05) is 20.8 Å². The minimum absolute atomic E-state index is 0.00725. The summed E-state index contributed by atoms with van der Waals surface area (Å²) < 4.78 is 15.6. The van der Waals surface area contributed by atoms with Gasteiger partial charge in [-0.1, -0.05) is 84.4 Å². The van der Waals surface area contributed by atoms with Crippen molar-refractivity contribution in [1.82, 2.24) is 36.6 Å². The van der Waals surface area contributed by atoms with E-state index in [1.54, 1.807) is 6.92 Å². The smallest absolute Gasteiger partial charge is 0.480 e. The fourth-order valence-corrected chi connectivity index (χ4v) is 7.40. The van der Waals surface area contributed by atoms with Crippen LogP contribution in [0, 0.1) is 17.8 Å². The average molecular weight is 890 g/mol. The molecule has 1 aliphatic carbocycles. The SMILES string of the molecule is C=CCC(NC(=O)C(CC1CCCCC1)NC(=O)C(NC(=O)C(CC(C)C)NC(=O)c1cnccn1)C(C)CC)C(O)(O)C(=O)NC(Cc1ccc(OP(=O)(O)O)cc1)C(=O)O. The lowest BCUT2D eigenvalue weighted by Crippen LogP contribution is -2.65. The second-order valence-corrected chi connectivity index (χ2v) is 17.2. The molecule has 1 fully saturated rings. The summed E-state index contributed by atoms with van der Waals surface area (Å²) in [7, 11) is -4.86. The van der Waals surface area contributed by atoms with E-state index in [-0.39, 0.29) is 41.7 Å². The van der Waals surface area contributed by atoms with E-state index < -0.39 is 98.1 Å².